The van der Waals surface area contributed by atoms with E-state index in [2.05, 4.69) is 12.2 Å². The molecule has 3 nitrogen and oxygen atoms in total. The Morgan fingerprint density at radius 3 is 2.46 bits per heavy atom. The zero-order valence-corrected chi connectivity index (χ0v) is 15.8. The van der Waals surface area contributed by atoms with Crippen LogP contribution in [0.25, 0.3) is 0 Å². The van der Waals surface area contributed by atoms with Gasteiger partial charge in [-0.2, -0.15) is 0 Å². The third kappa shape index (κ3) is 5.44. The molecule has 0 bridgehead atoms. The van der Waals surface area contributed by atoms with Crippen molar-refractivity contribution in [2.45, 2.75) is 109 Å². The Kier molecular flexibility index (Phi) is 7.88. The zero-order chi connectivity index (χ0) is 16.6. The number of ether oxygens (including phenoxy) is 2. The zero-order valence-electron chi connectivity index (χ0n) is 15.8. The highest BCUT2D eigenvalue weighted by Gasteiger charge is 2.36. The van der Waals surface area contributed by atoms with Gasteiger partial charge in [-0.05, 0) is 50.4 Å². The highest BCUT2D eigenvalue weighted by molar-refractivity contribution is 4.93. The fourth-order valence-electron chi connectivity index (χ4n) is 5.30. The molecule has 0 spiro atoms. The average molecular weight is 338 g/mol. The lowest BCUT2D eigenvalue weighted by molar-refractivity contribution is -0.0481. The molecule has 3 aliphatic rings. The maximum absolute atomic E-state index is 5.53. The Bertz CT molecular complexity index is 343. The minimum atomic E-state index is 0.0934. The lowest BCUT2D eigenvalue weighted by Crippen LogP contribution is -2.51. The van der Waals surface area contributed by atoms with Gasteiger partial charge in [-0.3, -0.25) is 0 Å². The van der Waals surface area contributed by atoms with Crippen LogP contribution in [0, 0.1) is 11.8 Å². The normalized spacial score (nSPS) is 34.4. The highest BCUT2D eigenvalue weighted by Crippen LogP contribution is 2.40. The van der Waals surface area contributed by atoms with Crippen molar-refractivity contribution in [1.82, 2.24) is 5.32 Å². The molecule has 0 aromatic heterocycles. The van der Waals surface area contributed by atoms with Crippen molar-refractivity contribution in [3.8, 4) is 0 Å². The van der Waals surface area contributed by atoms with Crippen molar-refractivity contribution in [3.63, 3.8) is 0 Å². The smallest absolute Gasteiger partial charge is 0.157 e. The van der Waals surface area contributed by atoms with Crippen molar-refractivity contribution >= 4 is 0 Å². The number of piperidine rings is 1. The number of fused-ring (bicyclic) bond motifs is 1. The van der Waals surface area contributed by atoms with E-state index >= 15 is 0 Å². The van der Waals surface area contributed by atoms with Crippen molar-refractivity contribution in [1.29, 1.82) is 0 Å². The third-order valence-electron chi connectivity index (χ3n) is 6.62. The van der Waals surface area contributed by atoms with Gasteiger partial charge in [0, 0.05) is 12.1 Å². The summed E-state index contributed by atoms with van der Waals surface area (Å²) in [5, 5.41) is 4.04. The summed E-state index contributed by atoms with van der Waals surface area (Å²) in [5.74, 6) is 1.99. The topological polar surface area (TPSA) is 30.5 Å². The molecule has 2 saturated heterocycles. The second-order valence-electron chi connectivity index (χ2n) is 8.35. The average Bonchev–Trinajstić information content (AvgIpc) is 3.12. The fourth-order valence-corrected chi connectivity index (χ4v) is 5.30. The van der Waals surface area contributed by atoms with Gasteiger partial charge in [0.15, 0.2) is 6.29 Å². The second kappa shape index (κ2) is 10.1. The van der Waals surface area contributed by atoms with Crippen LogP contribution in [0.15, 0.2) is 0 Å². The first-order valence-electron chi connectivity index (χ1n) is 10.9. The van der Waals surface area contributed by atoms with Gasteiger partial charge in [0.1, 0.15) is 0 Å². The lowest BCUT2D eigenvalue weighted by atomic mass is 9.69. The molecule has 24 heavy (non-hydrogen) atoms. The molecule has 1 unspecified atom stereocenters. The number of nitrogens with one attached hydrogen (secondary N) is 1. The second-order valence-corrected chi connectivity index (χ2v) is 8.35. The Balaban J connectivity index is 1.33. The van der Waals surface area contributed by atoms with Crippen LogP contribution in [0.2, 0.25) is 0 Å². The predicted molar refractivity (Wildman–Crippen MR) is 99.1 cm³/mol. The summed E-state index contributed by atoms with van der Waals surface area (Å²) >= 11 is 0. The van der Waals surface area contributed by atoms with Crippen molar-refractivity contribution < 1.29 is 9.47 Å². The number of hydrogen-bond acceptors (Lipinski definition) is 3. The van der Waals surface area contributed by atoms with Crippen LogP contribution in [0.5, 0.6) is 0 Å². The Morgan fingerprint density at radius 1 is 0.833 bits per heavy atom. The first-order valence-corrected chi connectivity index (χ1v) is 10.9. The monoisotopic (exact) mass is 337 g/mol. The van der Waals surface area contributed by atoms with E-state index in [9.17, 15) is 0 Å². The van der Waals surface area contributed by atoms with Gasteiger partial charge < -0.3 is 14.8 Å². The van der Waals surface area contributed by atoms with E-state index in [0.29, 0.717) is 0 Å². The van der Waals surface area contributed by atoms with Crippen molar-refractivity contribution in [3.05, 3.63) is 0 Å². The number of rotatable bonds is 9. The van der Waals surface area contributed by atoms with Crippen LogP contribution in [-0.4, -0.2) is 31.6 Å². The van der Waals surface area contributed by atoms with Gasteiger partial charge >= 0.3 is 0 Å². The molecule has 0 aromatic rings. The van der Waals surface area contributed by atoms with E-state index in [1.165, 1.54) is 77.0 Å². The minimum Gasteiger partial charge on any atom is -0.350 e. The molecular weight excluding hydrogens is 298 g/mol. The standard InChI is InChI=1S/C21H39NO2/c1-2-3-4-8-17-9-7-11-20-19(17)14-13-18(22-20)10-5-6-12-21-23-15-16-24-21/h17-22H,2-16H2,1H3/t17-,18?,19+,20-/m1/s1. The van der Waals surface area contributed by atoms with Gasteiger partial charge in [0.05, 0.1) is 13.2 Å². The molecule has 1 N–H and O–H groups in total. The van der Waals surface area contributed by atoms with E-state index in [4.69, 9.17) is 9.47 Å². The van der Waals surface area contributed by atoms with Gasteiger partial charge in [-0.1, -0.05) is 51.9 Å². The minimum absolute atomic E-state index is 0.0934. The molecule has 0 aromatic carbocycles. The van der Waals surface area contributed by atoms with E-state index < -0.39 is 0 Å². The SMILES string of the molecule is CCCCC[C@@H]1CCC[C@H]2NC(CCCCC3OCCO3)CC[C@@H]12. The largest absolute Gasteiger partial charge is 0.350 e. The van der Waals surface area contributed by atoms with E-state index in [1.54, 1.807) is 0 Å². The van der Waals surface area contributed by atoms with Crippen LogP contribution < -0.4 is 5.32 Å². The molecule has 4 atom stereocenters. The third-order valence-corrected chi connectivity index (χ3v) is 6.62. The van der Waals surface area contributed by atoms with Gasteiger partial charge in [0.25, 0.3) is 0 Å². The number of unbranched alkanes of at least 4 members (excludes halogenated alkanes) is 3. The molecule has 1 saturated carbocycles. The lowest BCUT2D eigenvalue weighted by Gasteiger charge is -2.45. The molecular formula is C21H39NO2. The van der Waals surface area contributed by atoms with Gasteiger partial charge in [-0.25, -0.2) is 0 Å². The number of hydrogen-bond donors (Lipinski definition) is 1. The first-order chi connectivity index (χ1) is 11.9. The Labute approximate surface area is 149 Å². The Morgan fingerprint density at radius 2 is 1.62 bits per heavy atom. The summed E-state index contributed by atoms with van der Waals surface area (Å²) < 4.78 is 11.1. The summed E-state index contributed by atoms with van der Waals surface area (Å²) in [5.41, 5.74) is 0. The molecule has 3 fully saturated rings. The molecule has 3 rings (SSSR count). The Hall–Kier alpha value is -0.120. The molecule has 2 aliphatic heterocycles. The van der Waals surface area contributed by atoms with E-state index in [0.717, 1.165) is 43.6 Å². The molecule has 140 valence electrons. The summed E-state index contributed by atoms with van der Waals surface area (Å²) in [4.78, 5) is 0. The summed E-state index contributed by atoms with van der Waals surface area (Å²) in [7, 11) is 0. The maximum atomic E-state index is 5.53. The molecule has 0 radical (unpaired) electrons. The van der Waals surface area contributed by atoms with Gasteiger partial charge in [0.2, 0.25) is 0 Å². The van der Waals surface area contributed by atoms with Crippen LogP contribution in [0.4, 0.5) is 0 Å². The van der Waals surface area contributed by atoms with Crippen LogP contribution >= 0.6 is 0 Å². The maximum Gasteiger partial charge on any atom is 0.157 e. The fraction of sp³-hybridized carbons (Fsp3) is 1.00. The van der Waals surface area contributed by atoms with Crippen molar-refractivity contribution in [2.24, 2.45) is 11.8 Å². The highest BCUT2D eigenvalue weighted by atomic mass is 16.7. The van der Waals surface area contributed by atoms with E-state index in [-0.39, 0.29) is 6.29 Å². The summed E-state index contributed by atoms with van der Waals surface area (Å²) in [6, 6.07) is 1.59. The predicted octanol–water partition coefficient (Wildman–Crippen LogP) is 5.04. The molecule has 3 heteroatoms. The summed E-state index contributed by atoms with van der Waals surface area (Å²) in [6.07, 6.45) is 18.1. The molecule has 1 aliphatic carbocycles. The molecule has 2 heterocycles. The summed E-state index contributed by atoms with van der Waals surface area (Å²) in [6.45, 7) is 3.90. The first kappa shape index (κ1) is 18.7. The van der Waals surface area contributed by atoms with Crippen LogP contribution in [0.3, 0.4) is 0 Å². The van der Waals surface area contributed by atoms with Crippen molar-refractivity contribution in [2.75, 3.05) is 13.2 Å². The van der Waals surface area contributed by atoms with Crippen LogP contribution in [0.1, 0.15) is 90.4 Å². The van der Waals surface area contributed by atoms with Crippen LogP contribution in [-0.2, 0) is 9.47 Å². The van der Waals surface area contributed by atoms with Gasteiger partial charge in [-0.15, -0.1) is 0 Å². The quantitative estimate of drug-likeness (QED) is 0.598. The molecule has 0 amide bonds. The van der Waals surface area contributed by atoms with E-state index in [1.807, 2.05) is 0 Å².